The van der Waals surface area contributed by atoms with E-state index in [0.29, 0.717) is 6.42 Å². The Balaban J connectivity index is 1.46. The predicted molar refractivity (Wildman–Crippen MR) is 82.3 cm³/mol. The van der Waals surface area contributed by atoms with Gasteiger partial charge >= 0.3 is 5.97 Å². The molecule has 0 aromatic rings. The van der Waals surface area contributed by atoms with Crippen molar-refractivity contribution in [1.29, 1.82) is 0 Å². The topological polar surface area (TPSA) is 108 Å². The zero-order chi connectivity index (χ0) is 17.5. The Labute approximate surface area is 140 Å². The summed E-state index contributed by atoms with van der Waals surface area (Å²) >= 11 is 0. The number of esters is 1. The zero-order valence-electron chi connectivity index (χ0n) is 13.4. The van der Waals surface area contributed by atoms with Crippen LogP contribution < -0.4 is 5.32 Å². The Morgan fingerprint density at radius 1 is 1.46 bits per heavy atom. The van der Waals surface area contributed by atoms with E-state index >= 15 is 0 Å². The van der Waals surface area contributed by atoms with Crippen LogP contribution in [0.5, 0.6) is 0 Å². The fraction of sp³-hybridized carbons (Fsp3) is 0.733. The fourth-order valence-electron chi connectivity index (χ4n) is 4.17. The van der Waals surface area contributed by atoms with Crippen LogP contribution in [0.2, 0.25) is 0 Å². The summed E-state index contributed by atoms with van der Waals surface area (Å²) in [6.07, 6.45) is 1.43. The van der Waals surface area contributed by atoms with Crippen molar-refractivity contribution in [3.63, 3.8) is 0 Å². The maximum Gasteiger partial charge on any atom is 0.330 e. The van der Waals surface area contributed by atoms with E-state index in [1.54, 1.807) is 0 Å². The Morgan fingerprint density at radius 3 is 2.92 bits per heavy atom. The Kier molecular flexibility index (Phi) is 4.43. The molecule has 3 aliphatic rings. The summed E-state index contributed by atoms with van der Waals surface area (Å²) in [6, 6.07) is 0. The van der Waals surface area contributed by atoms with Gasteiger partial charge in [-0.1, -0.05) is 13.5 Å². The molecule has 2 aliphatic carbocycles. The molecule has 134 valence electrons. The molecule has 2 bridgehead atoms. The summed E-state index contributed by atoms with van der Waals surface area (Å²) in [5, 5.41) is 2.11. The molecule has 1 aliphatic heterocycles. The number of carbonyl (C=O) groups excluding carboxylic acids is 2. The van der Waals surface area contributed by atoms with Crippen LogP contribution in [0.15, 0.2) is 12.7 Å². The number of rotatable bonds is 7. The van der Waals surface area contributed by atoms with Crippen molar-refractivity contribution < 1.29 is 31.7 Å². The molecule has 2 saturated carbocycles. The van der Waals surface area contributed by atoms with Crippen molar-refractivity contribution in [3.05, 3.63) is 12.7 Å². The van der Waals surface area contributed by atoms with Crippen LogP contribution in [0.3, 0.4) is 0 Å². The number of amides is 1. The number of hydrogen-bond acceptors (Lipinski definition) is 7. The van der Waals surface area contributed by atoms with Crippen LogP contribution >= 0.6 is 0 Å². The van der Waals surface area contributed by atoms with Gasteiger partial charge in [-0.15, -0.1) is 0 Å². The molecule has 24 heavy (non-hydrogen) atoms. The van der Waals surface area contributed by atoms with Gasteiger partial charge in [-0.25, -0.2) is 4.79 Å². The van der Waals surface area contributed by atoms with Gasteiger partial charge < -0.3 is 14.8 Å². The van der Waals surface area contributed by atoms with Crippen LogP contribution in [0.4, 0.5) is 0 Å². The van der Waals surface area contributed by atoms with Crippen LogP contribution in [-0.4, -0.2) is 57.5 Å². The van der Waals surface area contributed by atoms with Crippen molar-refractivity contribution in [2.45, 2.75) is 37.2 Å². The van der Waals surface area contributed by atoms with Gasteiger partial charge in [-0.05, 0) is 18.8 Å². The minimum absolute atomic E-state index is 0.0480. The molecule has 0 spiro atoms. The van der Waals surface area contributed by atoms with Crippen LogP contribution in [0, 0.1) is 11.3 Å². The highest BCUT2D eigenvalue weighted by Crippen LogP contribution is 2.62. The lowest BCUT2D eigenvalue weighted by atomic mass is 9.82. The predicted octanol–water partition coefficient (Wildman–Crippen LogP) is -0.256. The van der Waals surface area contributed by atoms with E-state index < -0.39 is 32.9 Å². The van der Waals surface area contributed by atoms with E-state index in [0.717, 1.165) is 12.5 Å². The molecule has 1 N–H and O–H groups in total. The van der Waals surface area contributed by atoms with Gasteiger partial charge in [0.15, 0.2) is 0 Å². The normalized spacial score (nSPS) is 38.0. The van der Waals surface area contributed by atoms with Crippen molar-refractivity contribution in [1.82, 2.24) is 5.32 Å². The first-order valence-corrected chi connectivity index (χ1v) is 9.34. The standard InChI is InChI=1S/C15H21NO7S/c1-3-12(18)21-5-4-16-11(17)8-22-13-9-6-10-15(2,7-9)14(13)23-24(10,19)20/h3,9-10,13-14H,1,4-8H2,2H3,(H,16,17). The molecule has 0 aromatic heterocycles. The zero-order valence-corrected chi connectivity index (χ0v) is 14.2. The van der Waals surface area contributed by atoms with Gasteiger partial charge in [0.1, 0.15) is 19.3 Å². The summed E-state index contributed by atoms with van der Waals surface area (Å²) < 4.78 is 39.7. The quantitative estimate of drug-likeness (QED) is 0.289. The summed E-state index contributed by atoms with van der Waals surface area (Å²) in [5.41, 5.74) is -0.413. The third-order valence-corrected chi connectivity index (χ3v) is 7.10. The van der Waals surface area contributed by atoms with E-state index in [2.05, 4.69) is 11.9 Å². The van der Waals surface area contributed by atoms with Gasteiger partial charge in [0.25, 0.3) is 10.1 Å². The molecular formula is C15H21NO7S. The van der Waals surface area contributed by atoms with Crippen molar-refractivity contribution in [2.75, 3.05) is 19.8 Å². The molecule has 3 fully saturated rings. The highest BCUT2D eigenvalue weighted by Gasteiger charge is 2.71. The Hall–Kier alpha value is -1.45. The molecule has 1 heterocycles. The molecule has 1 saturated heterocycles. The number of carbonyl (C=O) groups is 2. The van der Waals surface area contributed by atoms with Crippen LogP contribution in [-0.2, 0) is 33.4 Å². The van der Waals surface area contributed by atoms with E-state index in [4.69, 9.17) is 13.7 Å². The number of nitrogens with one attached hydrogen (secondary N) is 1. The summed E-state index contributed by atoms with van der Waals surface area (Å²) in [4.78, 5) is 22.6. The third kappa shape index (κ3) is 2.84. The summed E-state index contributed by atoms with van der Waals surface area (Å²) in [5.74, 6) is -0.802. The first kappa shape index (κ1) is 17.4. The van der Waals surface area contributed by atoms with E-state index in [9.17, 15) is 18.0 Å². The lowest BCUT2D eigenvalue weighted by Crippen LogP contribution is -2.43. The largest absolute Gasteiger partial charge is 0.461 e. The van der Waals surface area contributed by atoms with E-state index in [-0.39, 0.29) is 37.7 Å². The minimum atomic E-state index is -3.53. The van der Waals surface area contributed by atoms with Gasteiger partial charge in [0.2, 0.25) is 5.91 Å². The third-order valence-electron chi connectivity index (χ3n) is 5.20. The van der Waals surface area contributed by atoms with Gasteiger partial charge in [-0.2, -0.15) is 8.42 Å². The van der Waals surface area contributed by atoms with Crippen molar-refractivity contribution in [3.8, 4) is 0 Å². The monoisotopic (exact) mass is 359 g/mol. The lowest BCUT2D eigenvalue weighted by molar-refractivity contribution is -0.139. The molecule has 0 aromatic carbocycles. The van der Waals surface area contributed by atoms with Gasteiger partial charge in [0, 0.05) is 11.5 Å². The van der Waals surface area contributed by atoms with Crippen LogP contribution in [0.25, 0.3) is 0 Å². The second-order valence-electron chi connectivity index (χ2n) is 6.70. The molecule has 5 atom stereocenters. The number of hydrogen-bond donors (Lipinski definition) is 1. The first-order chi connectivity index (χ1) is 11.3. The second kappa shape index (κ2) is 6.12. The molecule has 9 heteroatoms. The fourth-order valence-corrected chi connectivity index (χ4v) is 6.29. The van der Waals surface area contributed by atoms with E-state index in [1.165, 1.54) is 0 Å². The number of ether oxygens (including phenoxy) is 2. The average molecular weight is 359 g/mol. The summed E-state index contributed by atoms with van der Waals surface area (Å²) in [6.45, 7) is 5.22. The van der Waals surface area contributed by atoms with Crippen LogP contribution in [0.1, 0.15) is 19.8 Å². The van der Waals surface area contributed by atoms with Gasteiger partial charge in [-0.3, -0.25) is 8.98 Å². The highest BCUT2D eigenvalue weighted by atomic mass is 32.2. The first-order valence-electron chi connectivity index (χ1n) is 7.87. The minimum Gasteiger partial charge on any atom is -0.461 e. The molecular weight excluding hydrogens is 338 g/mol. The molecule has 3 rings (SSSR count). The highest BCUT2D eigenvalue weighted by molar-refractivity contribution is 7.87. The Morgan fingerprint density at radius 2 is 2.21 bits per heavy atom. The van der Waals surface area contributed by atoms with Gasteiger partial charge in [0.05, 0.1) is 17.9 Å². The summed E-state index contributed by atoms with van der Waals surface area (Å²) in [7, 11) is -3.53. The lowest BCUT2D eigenvalue weighted by Gasteiger charge is -2.30. The average Bonchev–Trinajstić information content (AvgIpc) is 3.03. The maximum atomic E-state index is 12.0. The second-order valence-corrected chi connectivity index (χ2v) is 8.45. The molecule has 1 amide bonds. The molecule has 8 nitrogen and oxygen atoms in total. The maximum absolute atomic E-state index is 12.0. The van der Waals surface area contributed by atoms with Crippen molar-refractivity contribution in [2.24, 2.45) is 11.3 Å². The molecule has 0 radical (unpaired) electrons. The smallest absolute Gasteiger partial charge is 0.330 e. The van der Waals surface area contributed by atoms with E-state index in [1.807, 2.05) is 6.92 Å². The SMILES string of the molecule is C=CC(=O)OCCNC(=O)COC1C2CC3C(C)(C2)C1OS3(=O)=O. The van der Waals surface area contributed by atoms with Crippen molar-refractivity contribution >= 4 is 22.0 Å². The Bertz CT molecular complexity index is 661. The number of fused-ring (bicyclic) bond motifs is 1. The molecule has 5 unspecified atom stereocenters.